The summed E-state index contributed by atoms with van der Waals surface area (Å²) < 4.78 is 22.1. The fourth-order valence-corrected chi connectivity index (χ4v) is 6.33. The Morgan fingerprint density at radius 1 is 1.16 bits per heavy atom. The molecule has 0 spiro atoms. The summed E-state index contributed by atoms with van der Waals surface area (Å²) in [4.78, 5) is 24.8. The van der Waals surface area contributed by atoms with E-state index >= 15 is 4.39 Å². The Morgan fingerprint density at radius 3 is 2.67 bits per heavy atom. The number of fused-ring (bicyclic) bond motifs is 1. The topological polar surface area (TPSA) is 128 Å². The molecule has 2 aromatic carbocycles. The van der Waals surface area contributed by atoms with Crippen LogP contribution in [0, 0.1) is 11.2 Å². The molecule has 4 aromatic rings. The van der Waals surface area contributed by atoms with Gasteiger partial charge in [-0.05, 0) is 74.1 Å². The third-order valence-electron chi connectivity index (χ3n) is 8.59. The minimum Gasteiger partial charge on any atom is -0.379 e. The van der Waals surface area contributed by atoms with E-state index < -0.39 is 11.5 Å². The van der Waals surface area contributed by atoms with E-state index in [9.17, 15) is 4.79 Å². The number of halogens is 2. The Morgan fingerprint density at radius 2 is 1.93 bits per heavy atom. The predicted molar refractivity (Wildman–Crippen MR) is 176 cm³/mol. The summed E-state index contributed by atoms with van der Waals surface area (Å²) >= 11 is 6.26. The van der Waals surface area contributed by atoms with Crippen LogP contribution in [0.1, 0.15) is 37.3 Å². The van der Waals surface area contributed by atoms with Gasteiger partial charge in [-0.15, -0.1) is 0 Å². The van der Waals surface area contributed by atoms with Crippen LogP contribution in [0.3, 0.4) is 0 Å². The van der Waals surface area contributed by atoms with Crippen molar-refractivity contribution in [1.82, 2.24) is 29.7 Å². The molecule has 0 amide bonds. The summed E-state index contributed by atoms with van der Waals surface area (Å²) in [6.45, 7) is 7.72. The molecule has 12 heteroatoms. The van der Waals surface area contributed by atoms with Gasteiger partial charge < -0.3 is 25.7 Å². The Labute approximate surface area is 266 Å². The Bertz CT molecular complexity index is 1710. The average Bonchev–Trinajstić information content (AvgIpc) is 3.43. The summed E-state index contributed by atoms with van der Waals surface area (Å²) in [5, 5.41) is 12.6. The molecule has 0 radical (unpaired) electrons. The number of morpholine rings is 1. The second-order valence-corrected chi connectivity index (χ2v) is 12.6. The number of H-pyrrole nitrogens is 1. The molecule has 45 heavy (non-hydrogen) atoms. The molecule has 2 atom stereocenters. The second kappa shape index (κ2) is 13.7. The van der Waals surface area contributed by atoms with Gasteiger partial charge in [0.2, 0.25) is 0 Å². The molecule has 2 aromatic heterocycles. The summed E-state index contributed by atoms with van der Waals surface area (Å²) in [5.74, 6) is -0.0827. The van der Waals surface area contributed by atoms with Gasteiger partial charge in [-0.2, -0.15) is 4.98 Å². The van der Waals surface area contributed by atoms with Gasteiger partial charge in [0, 0.05) is 62.0 Å². The van der Waals surface area contributed by atoms with Crippen molar-refractivity contribution in [2.75, 3.05) is 39.4 Å². The molecule has 0 unspecified atom stereocenters. The van der Waals surface area contributed by atoms with Crippen LogP contribution in [0.4, 0.5) is 4.39 Å². The van der Waals surface area contributed by atoms with Crippen molar-refractivity contribution >= 4 is 28.6 Å². The molecule has 6 rings (SSSR count). The number of aromatic amines is 1. The number of hydrogen-bond acceptors (Lipinski definition) is 6. The molecule has 2 saturated heterocycles. The first kappa shape index (κ1) is 31.2. The van der Waals surface area contributed by atoms with Gasteiger partial charge in [0.1, 0.15) is 5.65 Å². The highest BCUT2D eigenvalue weighted by Crippen LogP contribution is 2.31. The predicted octanol–water partition coefficient (Wildman–Crippen LogP) is 4.27. The van der Waals surface area contributed by atoms with E-state index in [2.05, 4.69) is 20.2 Å². The summed E-state index contributed by atoms with van der Waals surface area (Å²) in [6, 6.07) is 13.3. The zero-order valence-corrected chi connectivity index (χ0v) is 26.2. The second-order valence-electron chi connectivity index (χ2n) is 12.2. The maximum absolute atomic E-state index is 15.1. The number of rotatable bonds is 10. The normalized spacial score (nSPS) is 18.4. The molecule has 2 fully saturated rings. The molecule has 4 heterocycles. The monoisotopic (exact) mass is 634 g/mol. The lowest BCUT2D eigenvalue weighted by Gasteiger charge is -2.38. The average molecular weight is 635 g/mol. The maximum Gasteiger partial charge on any atom is 0.354 e. The maximum atomic E-state index is 15.1. The van der Waals surface area contributed by atoms with Crippen molar-refractivity contribution in [3.8, 4) is 16.9 Å². The zero-order valence-electron chi connectivity index (χ0n) is 25.5. The largest absolute Gasteiger partial charge is 0.379 e. The fourth-order valence-electron chi connectivity index (χ4n) is 6.09. The lowest BCUT2D eigenvalue weighted by atomic mass is 10.0. The van der Waals surface area contributed by atoms with E-state index in [0.717, 1.165) is 76.2 Å². The van der Waals surface area contributed by atoms with Crippen LogP contribution in [-0.4, -0.2) is 81.8 Å². The molecule has 0 saturated carbocycles. The van der Waals surface area contributed by atoms with E-state index in [1.54, 1.807) is 24.4 Å². The van der Waals surface area contributed by atoms with Gasteiger partial charge in [-0.3, -0.25) is 14.9 Å². The van der Waals surface area contributed by atoms with Crippen LogP contribution in [0.25, 0.3) is 28.0 Å². The van der Waals surface area contributed by atoms with E-state index in [1.165, 1.54) is 4.57 Å². The summed E-state index contributed by atoms with van der Waals surface area (Å²) in [5.41, 5.74) is 9.28. The Hall–Kier alpha value is -3.77. The molecule has 2 aliphatic heterocycles. The highest BCUT2D eigenvalue weighted by atomic mass is 35.5. The highest BCUT2D eigenvalue weighted by Gasteiger charge is 2.25. The van der Waals surface area contributed by atoms with E-state index in [0.29, 0.717) is 40.5 Å². The van der Waals surface area contributed by atoms with Crippen molar-refractivity contribution in [3.63, 3.8) is 0 Å². The number of guanidine groups is 1. The van der Waals surface area contributed by atoms with Crippen molar-refractivity contribution < 1.29 is 9.13 Å². The molecule has 5 N–H and O–H groups in total. The van der Waals surface area contributed by atoms with Crippen LogP contribution >= 0.6 is 11.6 Å². The summed E-state index contributed by atoms with van der Waals surface area (Å²) in [6.07, 6.45) is 5.15. The number of nitrogens with zero attached hydrogens (tertiary/aromatic N) is 4. The number of aromatic nitrogens is 3. The van der Waals surface area contributed by atoms with Crippen LogP contribution in [0.5, 0.6) is 0 Å². The lowest BCUT2D eigenvalue weighted by molar-refractivity contribution is 0.0327. The van der Waals surface area contributed by atoms with Gasteiger partial charge in [0.25, 0.3) is 0 Å². The van der Waals surface area contributed by atoms with Crippen molar-refractivity contribution in [2.24, 2.45) is 5.73 Å². The molecular weight excluding hydrogens is 595 g/mol. The Kier molecular flexibility index (Phi) is 9.50. The highest BCUT2D eigenvalue weighted by molar-refractivity contribution is 6.31. The van der Waals surface area contributed by atoms with E-state index in [-0.39, 0.29) is 17.1 Å². The van der Waals surface area contributed by atoms with E-state index in [4.69, 9.17) is 27.5 Å². The van der Waals surface area contributed by atoms with Gasteiger partial charge in [-0.1, -0.05) is 23.7 Å². The van der Waals surface area contributed by atoms with Crippen LogP contribution in [-0.2, 0) is 17.7 Å². The van der Waals surface area contributed by atoms with Gasteiger partial charge in [0.15, 0.2) is 11.8 Å². The van der Waals surface area contributed by atoms with Crippen molar-refractivity contribution in [1.29, 1.82) is 5.41 Å². The van der Waals surface area contributed by atoms with Crippen molar-refractivity contribution in [2.45, 2.75) is 51.2 Å². The Balaban J connectivity index is 1.14. The third-order valence-corrected chi connectivity index (χ3v) is 8.86. The van der Waals surface area contributed by atoms with Crippen LogP contribution < -0.4 is 16.7 Å². The third kappa shape index (κ3) is 7.38. The molecule has 0 aliphatic carbocycles. The van der Waals surface area contributed by atoms with Gasteiger partial charge >= 0.3 is 5.69 Å². The first-order valence-corrected chi connectivity index (χ1v) is 16.0. The number of ether oxygens (including phenoxy) is 1. The van der Waals surface area contributed by atoms with Gasteiger partial charge in [0.05, 0.1) is 29.6 Å². The quantitative estimate of drug-likeness (QED) is 0.205. The fraction of sp³-hybridized carbons (Fsp3) is 0.424. The first-order valence-electron chi connectivity index (χ1n) is 15.6. The first-order chi connectivity index (χ1) is 21.7. The number of benzene rings is 2. The number of hydrogen-bond donors (Lipinski definition) is 4. The summed E-state index contributed by atoms with van der Waals surface area (Å²) in [7, 11) is 0. The van der Waals surface area contributed by atoms with Crippen LogP contribution in [0.15, 0.2) is 53.5 Å². The number of aryl methyl sites for hydroxylation is 1. The molecular formula is C33H40ClFN8O2. The minimum atomic E-state index is -0.519. The number of nitrogens with one attached hydrogen (secondary N) is 3. The number of nitrogens with two attached hydrogens (primary N) is 1. The molecule has 10 nitrogen and oxygen atoms in total. The van der Waals surface area contributed by atoms with E-state index in [1.807, 2.05) is 36.1 Å². The molecule has 238 valence electrons. The van der Waals surface area contributed by atoms with Crippen LogP contribution in [0.2, 0.25) is 5.02 Å². The molecule has 2 aliphatic rings. The SMILES string of the molecule is C[C@H](N)CCCc1cc(Cl)c(F)c(-c2cc3cn(-c4ccc(CN5CC[C@H](CN6CCOCC6)NC5=N)cc4)c(=O)nc3[nH]2)c1. The smallest absolute Gasteiger partial charge is 0.354 e. The zero-order chi connectivity index (χ0) is 31.5. The standard InChI is InChI=1S/C33H40ClFN8O2/c1-21(36)3-2-4-23-15-27(30(35)28(34)16-23)29-17-24-19-43(33(44)40-31(24)39-29)26-7-5-22(6-8-26)18-42-10-9-25(38-32(42)37)20-41-11-13-45-14-12-41/h5-8,15-17,19,21,25H,2-4,9-14,18,20,36H2,1H3,(H2,37,38)(H,39,40,44)/t21-,25+/m0/s1. The lowest BCUT2D eigenvalue weighted by Crippen LogP contribution is -2.56. The van der Waals surface area contributed by atoms with Crippen molar-refractivity contribution in [3.05, 3.63) is 81.1 Å². The molecule has 0 bridgehead atoms. The minimum absolute atomic E-state index is 0.0536. The van der Waals surface area contributed by atoms with Gasteiger partial charge in [-0.25, -0.2) is 9.18 Å².